The largest absolute Gasteiger partial charge is 0.310 e. The Kier molecular flexibility index (Phi) is 5.50. The zero-order chi connectivity index (χ0) is 13.8. The molecule has 1 N–H and O–H groups in total. The maximum atomic E-state index is 4.26. The maximum absolute atomic E-state index is 4.26. The minimum Gasteiger partial charge on any atom is -0.310 e. The molecule has 19 heavy (non-hydrogen) atoms. The number of rotatable bonds is 5. The Labute approximate surface area is 134 Å². The fourth-order valence-electron chi connectivity index (χ4n) is 1.56. The average molecular weight is 405 g/mol. The van der Waals surface area contributed by atoms with E-state index in [9.17, 15) is 0 Å². The van der Waals surface area contributed by atoms with E-state index >= 15 is 0 Å². The third-order valence-electron chi connectivity index (χ3n) is 2.45. The molecule has 0 saturated carbocycles. The van der Waals surface area contributed by atoms with E-state index < -0.39 is 0 Å². The molecule has 0 bridgehead atoms. The van der Waals surface area contributed by atoms with Crippen molar-refractivity contribution in [2.75, 3.05) is 6.54 Å². The van der Waals surface area contributed by atoms with Gasteiger partial charge in [0.2, 0.25) is 0 Å². The molecular weight excluding hydrogens is 390 g/mol. The first-order valence-corrected chi connectivity index (χ1v) is 8.45. The van der Waals surface area contributed by atoms with Gasteiger partial charge in [0.05, 0.1) is 0 Å². The van der Waals surface area contributed by atoms with Crippen molar-refractivity contribution in [2.45, 2.75) is 20.4 Å². The number of nitrogens with one attached hydrogen (secondary N) is 1. The van der Waals surface area contributed by atoms with Gasteiger partial charge in [-0.2, -0.15) is 0 Å². The lowest BCUT2D eigenvalue weighted by atomic mass is 10.2. The van der Waals surface area contributed by atoms with E-state index in [1.165, 1.54) is 0 Å². The Hall–Kier alpha value is -0.300. The minimum absolute atomic E-state index is 0.645. The predicted octanol–water partition coefficient (Wildman–Crippen LogP) is 4.48. The third-order valence-corrected chi connectivity index (χ3v) is 4.60. The van der Waals surface area contributed by atoms with Gasteiger partial charge in [-0.1, -0.05) is 57.0 Å². The van der Waals surface area contributed by atoms with Gasteiger partial charge in [0.25, 0.3) is 0 Å². The summed E-state index contributed by atoms with van der Waals surface area (Å²) in [6.45, 7) is 6.16. The van der Waals surface area contributed by atoms with Gasteiger partial charge in [-0.25, -0.2) is 0 Å². The van der Waals surface area contributed by atoms with Crippen molar-refractivity contribution in [3.8, 4) is 10.6 Å². The van der Waals surface area contributed by atoms with Crippen LogP contribution in [0.3, 0.4) is 0 Å². The van der Waals surface area contributed by atoms with Crippen molar-refractivity contribution in [1.82, 2.24) is 15.5 Å². The number of halogens is 2. The van der Waals surface area contributed by atoms with Crippen LogP contribution in [0, 0.1) is 5.92 Å². The van der Waals surface area contributed by atoms with Crippen LogP contribution in [0.5, 0.6) is 0 Å². The van der Waals surface area contributed by atoms with Gasteiger partial charge in [0.15, 0.2) is 0 Å². The maximum Gasteiger partial charge on any atom is 0.149 e. The highest BCUT2D eigenvalue weighted by Gasteiger charge is 2.10. The normalized spacial score (nSPS) is 11.2. The van der Waals surface area contributed by atoms with Gasteiger partial charge < -0.3 is 5.32 Å². The molecule has 0 aliphatic rings. The van der Waals surface area contributed by atoms with Crippen molar-refractivity contribution in [3.05, 3.63) is 32.2 Å². The Balaban J connectivity index is 2.10. The second kappa shape index (κ2) is 6.92. The van der Waals surface area contributed by atoms with Crippen LogP contribution in [0.4, 0.5) is 0 Å². The van der Waals surface area contributed by atoms with E-state index in [1.54, 1.807) is 11.3 Å². The Morgan fingerprint density at radius 1 is 1.26 bits per heavy atom. The number of hydrogen-bond acceptors (Lipinski definition) is 4. The molecule has 1 heterocycles. The van der Waals surface area contributed by atoms with Gasteiger partial charge in [0.1, 0.15) is 10.0 Å². The summed E-state index contributed by atoms with van der Waals surface area (Å²) in [5.74, 6) is 0.645. The molecule has 3 nitrogen and oxygen atoms in total. The second-order valence-electron chi connectivity index (χ2n) is 4.65. The molecule has 1 aromatic carbocycles. The van der Waals surface area contributed by atoms with Gasteiger partial charge in [0, 0.05) is 21.1 Å². The summed E-state index contributed by atoms with van der Waals surface area (Å²) in [4.78, 5) is 0. The summed E-state index contributed by atoms with van der Waals surface area (Å²) in [5.41, 5.74) is 1.07. The van der Waals surface area contributed by atoms with Crippen molar-refractivity contribution in [1.29, 1.82) is 0 Å². The van der Waals surface area contributed by atoms with Gasteiger partial charge in [-0.15, -0.1) is 10.2 Å². The summed E-state index contributed by atoms with van der Waals surface area (Å²) in [6, 6.07) is 6.06. The molecule has 0 unspecified atom stereocenters. The van der Waals surface area contributed by atoms with Crippen LogP contribution in [-0.2, 0) is 6.54 Å². The van der Waals surface area contributed by atoms with Crippen molar-refractivity contribution < 1.29 is 0 Å². The highest BCUT2D eigenvalue weighted by atomic mass is 79.9. The zero-order valence-corrected chi connectivity index (χ0v) is 14.8. The van der Waals surface area contributed by atoms with Crippen molar-refractivity contribution in [2.24, 2.45) is 5.92 Å². The van der Waals surface area contributed by atoms with E-state index in [-0.39, 0.29) is 0 Å². The molecule has 0 radical (unpaired) electrons. The SMILES string of the molecule is CC(C)CNCc1nnc(-c2cc(Br)ccc2Br)s1. The first-order valence-electron chi connectivity index (χ1n) is 6.05. The van der Waals surface area contributed by atoms with Crippen molar-refractivity contribution >= 4 is 43.2 Å². The fraction of sp³-hybridized carbons (Fsp3) is 0.385. The highest BCUT2D eigenvalue weighted by molar-refractivity contribution is 9.11. The van der Waals surface area contributed by atoms with Crippen LogP contribution in [0.15, 0.2) is 27.1 Å². The van der Waals surface area contributed by atoms with Crippen molar-refractivity contribution in [3.63, 3.8) is 0 Å². The van der Waals surface area contributed by atoms with Crippen LogP contribution in [0.25, 0.3) is 10.6 Å². The smallest absolute Gasteiger partial charge is 0.149 e. The van der Waals surface area contributed by atoms with E-state index in [4.69, 9.17) is 0 Å². The average Bonchev–Trinajstić information content (AvgIpc) is 2.80. The van der Waals surface area contributed by atoms with Gasteiger partial charge in [-0.3, -0.25) is 0 Å². The van der Waals surface area contributed by atoms with Gasteiger partial charge in [-0.05, 0) is 30.7 Å². The third kappa shape index (κ3) is 4.34. The summed E-state index contributed by atoms with van der Waals surface area (Å²) in [5, 5.41) is 13.8. The summed E-state index contributed by atoms with van der Waals surface area (Å²) in [7, 11) is 0. The first kappa shape index (κ1) is 15.1. The summed E-state index contributed by atoms with van der Waals surface area (Å²) in [6.07, 6.45) is 0. The molecule has 0 amide bonds. The number of hydrogen-bond donors (Lipinski definition) is 1. The highest BCUT2D eigenvalue weighted by Crippen LogP contribution is 2.32. The van der Waals surface area contributed by atoms with Crippen LogP contribution < -0.4 is 5.32 Å². The monoisotopic (exact) mass is 403 g/mol. The second-order valence-corrected chi connectivity index (χ2v) is 7.48. The van der Waals surface area contributed by atoms with E-state index in [0.29, 0.717) is 5.92 Å². The van der Waals surface area contributed by atoms with Crippen LogP contribution in [0.1, 0.15) is 18.9 Å². The minimum atomic E-state index is 0.645. The van der Waals surface area contributed by atoms with Gasteiger partial charge >= 0.3 is 0 Å². The quantitative estimate of drug-likeness (QED) is 0.798. The van der Waals surface area contributed by atoms with E-state index in [2.05, 4.69) is 67.3 Å². The number of benzene rings is 1. The molecule has 0 fully saturated rings. The van der Waals surface area contributed by atoms with Crippen LogP contribution in [0.2, 0.25) is 0 Å². The lowest BCUT2D eigenvalue weighted by molar-refractivity contribution is 0.550. The van der Waals surface area contributed by atoms with Crippen LogP contribution in [-0.4, -0.2) is 16.7 Å². The Morgan fingerprint density at radius 2 is 2.05 bits per heavy atom. The molecule has 2 rings (SSSR count). The lowest BCUT2D eigenvalue weighted by Gasteiger charge is -2.04. The zero-order valence-electron chi connectivity index (χ0n) is 10.8. The molecule has 0 saturated heterocycles. The summed E-state index contributed by atoms with van der Waals surface area (Å²) < 4.78 is 2.08. The molecule has 0 aliphatic heterocycles. The first-order chi connectivity index (χ1) is 9.06. The molecule has 0 aliphatic carbocycles. The number of nitrogens with zero attached hydrogens (tertiary/aromatic N) is 2. The molecule has 0 spiro atoms. The van der Waals surface area contributed by atoms with E-state index in [0.717, 1.165) is 37.6 Å². The predicted molar refractivity (Wildman–Crippen MR) is 87.3 cm³/mol. The van der Waals surface area contributed by atoms with E-state index in [1.807, 2.05) is 12.1 Å². The molecule has 1 aromatic heterocycles. The Morgan fingerprint density at radius 3 is 2.79 bits per heavy atom. The standard InChI is InChI=1S/C13H15Br2N3S/c1-8(2)6-16-7-12-17-18-13(19-12)10-5-9(14)3-4-11(10)15/h3-5,8,16H,6-7H2,1-2H3. The lowest BCUT2D eigenvalue weighted by Crippen LogP contribution is -2.18. The molecular formula is C13H15Br2N3S. The molecule has 102 valence electrons. The summed E-state index contributed by atoms with van der Waals surface area (Å²) >= 11 is 8.66. The molecule has 6 heteroatoms. The number of aromatic nitrogens is 2. The topological polar surface area (TPSA) is 37.8 Å². The molecule has 2 aromatic rings. The fourth-order valence-corrected chi connectivity index (χ4v) is 3.33. The molecule has 0 atom stereocenters. The van der Waals surface area contributed by atoms with Crippen LogP contribution >= 0.6 is 43.2 Å². The Bertz CT molecular complexity index is 555.